The fraction of sp³-hybridized carbons (Fsp3) is 0.364. The summed E-state index contributed by atoms with van der Waals surface area (Å²) >= 11 is 0. The molecule has 0 unspecified atom stereocenters. The molecular weight excluding hydrogens is 213 g/mol. The lowest BCUT2D eigenvalue weighted by Gasteiger charge is -2.09. The number of rotatable bonds is 5. The van der Waals surface area contributed by atoms with Crippen molar-refractivity contribution >= 4 is 5.78 Å². The van der Waals surface area contributed by atoms with Gasteiger partial charge in [-0.2, -0.15) is 0 Å². The number of hydrogen-bond donors (Lipinski definition) is 1. The van der Waals surface area contributed by atoms with Crippen LogP contribution in [0.2, 0.25) is 0 Å². The summed E-state index contributed by atoms with van der Waals surface area (Å²) in [6.07, 6.45) is 0. The third-order valence-corrected chi connectivity index (χ3v) is 2.11. The summed E-state index contributed by atoms with van der Waals surface area (Å²) in [6.45, 7) is 0.0627. The Balaban J connectivity index is 3.20. The number of hydrogen-bond acceptors (Lipinski definition) is 4. The molecule has 0 aliphatic heterocycles. The molecule has 0 bridgehead atoms. The number of methoxy groups -OCH3 is 2. The van der Waals surface area contributed by atoms with Gasteiger partial charge >= 0.3 is 0 Å². The zero-order chi connectivity index (χ0) is 12.1. The molecular formula is C11H14FNO3. The average molecular weight is 227 g/mol. The quantitative estimate of drug-likeness (QED) is 0.769. The Morgan fingerprint density at radius 1 is 1.38 bits per heavy atom. The molecule has 5 heteroatoms. The molecule has 0 radical (unpaired) electrons. The number of Topliss-reactive ketones (excluding diaryl/α,β-unsaturated/α-hetero) is 1. The molecule has 0 aromatic heterocycles. The number of benzene rings is 1. The van der Waals surface area contributed by atoms with Gasteiger partial charge in [0.2, 0.25) is 0 Å². The second kappa shape index (κ2) is 5.46. The first kappa shape index (κ1) is 12.4. The van der Waals surface area contributed by atoms with Gasteiger partial charge in [-0.1, -0.05) is 0 Å². The molecule has 1 N–H and O–H groups in total. The lowest BCUT2D eigenvalue weighted by atomic mass is 10.1. The highest BCUT2D eigenvalue weighted by atomic mass is 19.1. The van der Waals surface area contributed by atoms with Crippen LogP contribution in [0.3, 0.4) is 0 Å². The number of halogens is 1. The van der Waals surface area contributed by atoms with E-state index in [-0.39, 0.29) is 23.6 Å². The second-order valence-electron chi connectivity index (χ2n) is 3.14. The highest BCUT2D eigenvalue weighted by Crippen LogP contribution is 2.27. The summed E-state index contributed by atoms with van der Waals surface area (Å²) in [5.41, 5.74) is -0.0365. The van der Waals surface area contributed by atoms with Crippen LogP contribution in [-0.2, 0) is 0 Å². The van der Waals surface area contributed by atoms with E-state index in [1.54, 1.807) is 7.05 Å². The molecule has 0 spiro atoms. The van der Waals surface area contributed by atoms with Crippen LogP contribution < -0.4 is 14.8 Å². The van der Waals surface area contributed by atoms with Crippen LogP contribution >= 0.6 is 0 Å². The summed E-state index contributed by atoms with van der Waals surface area (Å²) in [4.78, 5) is 11.6. The Labute approximate surface area is 93.4 Å². The van der Waals surface area contributed by atoms with Gasteiger partial charge in [-0.3, -0.25) is 4.79 Å². The maximum Gasteiger partial charge on any atom is 0.179 e. The lowest BCUT2D eigenvalue weighted by Crippen LogP contribution is -2.19. The maximum atomic E-state index is 13.7. The monoisotopic (exact) mass is 227 g/mol. The van der Waals surface area contributed by atoms with Crippen LogP contribution in [0.4, 0.5) is 4.39 Å². The van der Waals surface area contributed by atoms with E-state index in [0.717, 1.165) is 0 Å². The van der Waals surface area contributed by atoms with Crippen molar-refractivity contribution in [1.29, 1.82) is 0 Å². The third kappa shape index (κ3) is 2.49. The van der Waals surface area contributed by atoms with Crippen molar-refractivity contribution in [1.82, 2.24) is 5.32 Å². The number of carbonyl (C=O) groups is 1. The average Bonchev–Trinajstić information content (AvgIpc) is 2.29. The molecule has 0 saturated carbocycles. The Morgan fingerprint density at radius 2 is 2.06 bits per heavy atom. The standard InChI is InChI=1S/C11H14FNO3/c1-13-6-9(14)8-4-7(15-2)5-10(16-3)11(8)12/h4-5,13H,6H2,1-3H3. The van der Waals surface area contributed by atoms with Crippen LogP contribution in [0.5, 0.6) is 11.5 Å². The Bertz CT molecular complexity index is 393. The molecule has 1 aromatic rings. The van der Waals surface area contributed by atoms with Crippen LogP contribution in [0.25, 0.3) is 0 Å². The first-order valence-corrected chi connectivity index (χ1v) is 4.73. The fourth-order valence-electron chi connectivity index (χ4n) is 1.30. The van der Waals surface area contributed by atoms with Crippen LogP contribution in [0.1, 0.15) is 10.4 Å². The number of carbonyl (C=O) groups excluding carboxylic acids is 1. The van der Waals surface area contributed by atoms with E-state index >= 15 is 0 Å². The summed E-state index contributed by atoms with van der Waals surface area (Å²) in [5, 5.41) is 2.67. The van der Waals surface area contributed by atoms with E-state index in [1.165, 1.54) is 26.4 Å². The van der Waals surface area contributed by atoms with Gasteiger partial charge in [-0.15, -0.1) is 0 Å². The minimum absolute atomic E-state index is 0.00111. The van der Waals surface area contributed by atoms with E-state index in [2.05, 4.69) is 5.32 Å². The minimum Gasteiger partial charge on any atom is -0.497 e. The zero-order valence-electron chi connectivity index (χ0n) is 9.46. The topological polar surface area (TPSA) is 47.6 Å². The third-order valence-electron chi connectivity index (χ3n) is 2.11. The molecule has 0 aliphatic rings. The summed E-state index contributed by atoms with van der Waals surface area (Å²) in [7, 11) is 4.40. The van der Waals surface area contributed by atoms with E-state index in [9.17, 15) is 9.18 Å². The van der Waals surface area contributed by atoms with Gasteiger partial charge in [0, 0.05) is 6.07 Å². The smallest absolute Gasteiger partial charge is 0.179 e. The Morgan fingerprint density at radius 3 is 2.56 bits per heavy atom. The molecule has 0 fully saturated rings. The molecule has 0 aliphatic carbocycles. The SMILES string of the molecule is CNCC(=O)c1cc(OC)cc(OC)c1F. The Kier molecular flexibility index (Phi) is 4.25. The number of nitrogens with one attached hydrogen (secondary N) is 1. The predicted octanol–water partition coefficient (Wildman–Crippen LogP) is 1.25. The molecule has 0 atom stereocenters. The number of ether oxygens (including phenoxy) is 2. The molecule has 0 amide bonds. The van der Waals surface area contributed by atoms with Crippen molar-refractivity contribution in [2.24, 2.45) is 0 Å². The van der Waals surface area contributed by atoms with Crippen LogP contribution in [-0.4, -0.2) is 33.6 Å². The summed E-state index contributed by atoms with van der Waals surface area (Å²) in [6, 6.07) is 2.75. The normalized spacial score (nSPS) is 10.0. The van der Waals surface area contributed by atoms with Crippen molar-refractivity contribution in [3.63, 3.8) is 0 Å². The number of likely N-dealkylation sites (N-methyl/N-ethyl adjacent to an activating group) is 1. The van der Waals surface area contributed by atoms with Gasteiger partial charge in [0.05, 0.1) is 26.3 Å². The molecule has 88 valence electrons. The predicted molar refractivity (Wildman–Crippen MR) is 57.8 cm³/mol. The highest BCUT2D eigenvalue weighted by Gasteiger charge is 2.17. The van der Waals surface area contributed by atoms with E-state index in [4.69, 9.17) is 9.47 Å². The van der Waals surface area contributed by atoms with Crippen LogP contribution in [0.15, 0.2) is 12.1 Å². The van der Waals surface area contributed by atoms with Crippen molar-refractivity contribution < 1.29 is 18.7 Å². The van der Waals surface area contributed by atoms with Gasteiger partial charge < -0.3 is 14.8 Å². The summed E-state index contributed by atoms with van der Waals surface area (Å²) < 4.78 is 23.5. The summed E-state index contributed by atoms with van der Waals surface area (Å²) in [5.74, 6) is -0.628. The molecule has 1 rings (SSSR count). The van der Waals surface area contributed by atoms with Crippen LogP contribution in [0, 0.1) is 5.82 Å². The van der Waals surface area contributed by atoms with Crippen molar-refractivity contribution in [2.75, 3.05) is 27.8 Å². The van der Waals surface area contributed by atoms with Crippen molar-refractivity contribution in [3.8, 4) is 11.5 Å². The number of ketones is 1. The molecule has 4 nitrogen and oxygen atoms in total. The van der Waals surface area contributed by atoms with E-state index in [1.807, 2.05) is 0 Å². The first-order valence-electron chi connectivity index (χ1n) is 4.73. The van der Waals surface area contributed by atoms with Gasteiger partial charge in [0.25, 0.3) is 0 Å². The second-order valence-corrected chi connectivity index (χ2v) is 3.14. The largest absolute Gasteiger partial charge is 0.497 e. The van der Waals surface area contributed by atoms with Crippen molar-refractivity contribution in [3.05, 3.63) is 23.5 Å². The van der Waals surface area contributed by atoms with Crippen molar-refractivity contribution in [2.45, 2.75) is 0 Å². The zero-order valence-corrected chi connectivity index (χ0v) is 9.46. The maximum absolute atomic E-state index is 13.7. The molecule has 1 aromatic carbocycles. The molecule has 16 heavy (non-hydrogen) atoms. The van der Waals surface area contributed by atoms with E-state index < -0.39 is 5.82 Å². The molecule has 0 saturated heterocycles. The fourth-order valence-corrected chi connectivity index (χ4v) is 1.30. The first-order chi connectivity index (χ1) is 7.63. The van der Waals surface area contributed by atoms with Gasteiger partial charge in [-0.05, 0) is 13.1 Å². The van der Waals surface area contributed by atoms with Gasteiger partial charge in [-0.25, -0.2) is 4.39 Å². The van der Waals surface area contributed by atoms with E-state index in [0.29, 0.717) is 5.75 Å². The minimum atomic E-state index is -0.663. The highest BCUT2D eigenvalue weighted by molar-refractivity contribution is 5.98. The van der Waals surface area contributed by atoms with Gasteiger partial charge in [0.15, 0.2) is 17.3 Å². The van der Waals surface area contributed by atoms with Gasteiger partial charge in [0.1, 0.15) is 5.75 Å². The molecule has 0 heterocycles. The lowest BCUT2D eigenvalue weighted by molar-refractivity contribution is 0.0988. The Hall–Kier alpha value is -1.62.